The minimum absolute atomic E-state index is 0.313. The predicted molar refractivity (Wildman–Crippen MR) is 101 cm³/mol. The van der Waals surface area contributed by atoms with Gasteiger partial charge in [-0.2, -0.15) is 0 Å². The fourth-order valence-corrected chi connectivity index (χ4v) is 1.58. The van der Waals surface area contributed by atoms with Crippen LogP contribution in [-0.2, 0) is 9.59 Å². The van der Waals surface area contributed by atoms with Crippen molar-refractivity contribution < 1.29 is 9.59 Å². The van der Waals surface area contributed by atoms with Crippen molar-refractivity contribution in [2.24, 2.45) is 11.8 Å². The van der Waals surface area contributed by atoms with Crippen LogP contribution in [0.4, 0.5) is 0 Å². The number of rotatable bonds is 0. The summed E-state index contributed by atoms with van der Waals surface area (Å²) in [6.45, 7) is 3.39. The average Bonchev–Trinajstić information content (AvgIpc) is 2.85. The molecule has 1 saturated heterocycles. The Morgan fingerprint density at radius 3 is 1.22 bits per heavy atom. The van der Waals surface area contributed by atoms with E-state index in [0.717, 1.165) is 4.90 Å². The maximum atomic E-state index is 11.8. The number of amides is 2. The van der Waals surface area contributed by atoms with Crippen LogP contribution in [0.15, 0.2) is 0 Å². The zero-order valence-electron chi connectivity index (χ0n) is 14.5. The van der Waals surface area contributed by atoms with Gasteiger partial charge in [0, 0.05) is 65.2 Å². The molecule has 0 radical (unpaired) electrons. The smallest absolute Gasteiger partial charge is 0.244 e. The molecule has 0 aromatic carbocycles. The number of imide groups is 1. The summed E-state index contributed by atoms with van der Waals surface area (Å²) in [6.07, 6.45) is 4.91. The first-order valence-electron chi connectivity index (χ1n) is 7.43. The highest BCUT2D eigenvalue weighted by Gasteiger charge is 2.41. The second kappa shape index (κ2) is 11.7. The van der Waals surface area contributed by atoms with Crippen molar-refractivity contribution in [2.75, 3.05) is 0 Å². The molecule has 3 nitrogen and oxygen atoms in total. The fraction of sp³-hybridized carbons (Fsp3) is 0.167. The zero-order valence-corrected chi connectivity index (χ0v) is 14.5. The lowest BCUT2D eigenvalue weighted by Crippen LogP contribution is -2.25. The second-order valence-electron chi connectivity index (χ2n) is 4.72. The van der Waals surface area contributed by atoms with Crippen molar-refractivity contribution in [1.82, 2.24) is 4.90 Å². The lowest BCUT2D eigenvalue weighted by molar-refractivity contribution is -0.135. The number of nitrogens with zero attached hydrogens (tertiary/aromatic N) is 1. The van der Waals surface area contributed by atoms with Gasteiger partial charge in [-0.15, -0.1) is 6.42 Å². The highest BCUT2D eigenvalue weighted by molar-refractivity contribution is 6.06. The first kappa shape index (κ1) is 20.2. The van der Waals surface area contributed by atoms with Crippen molar-refractivity contribution in [2.45, 2.75) is 13.8 Å². The van der Waals surface area contributed by atoms with Crippen LogP contribution in [0, 0.1) is 119 Å². The number of likely N-dealkylation sites (tertiary alicyclic amines) is 1. The van der Waals surface area contributed by atoms with E-state index in [-0.39, 0.29) is 23.7 Å². The highest BCUT2D eigenvalue weighted by atomic mass is 16.2. The van der Waals surface area contributed by atoms with E-state index in [9.17, 15) is 9.59 Å². The first-order chi connectivity index (χ1) is 13.1. The molecule has 2 amide bonds. The van der Waals surface area contributed by atoms with E-state index in [1.54, 1.807) is 13.8 Å². The molecule has 2 unspecified atom stereocenters. The molecule has 3 heteroatoms. The summed E-state index contributed by atoms with van der Waals surface area (Å²) in [5, 5.41) is 0. The topological polar surface area (TPSA) is 37.4 Å². The summed E-state index contributed by atoms with van der Waals surface area (Å²) in [6, 6.07) is 2.43. The molecule has 1 aliphatic rings. The fourth-order valence-electron chi connectivity index (χ4n) is 1.58. The Bertz CT molecular complexity index is 1180. The molecule has 1 heterocycles. The molecule has 0 saturated carbocycles. The zero-order chi connectivity index (χ0) is 19.9. The number of terminal acetylenes is 1. The summed E-state index contributed by atoms with van der Waals surface area (Å²) in [7, 11) is 0. The second-order valence-corrected chi connectivity index (χ2v) is 4.72. The molecule has 0 aromatic heterocycles. The van der Waals surface area contributed by atoms with E-state index in [1.807, 2.05) is 0 Å². The molecule has 0 bridgehead atoms. The third-order valence-corrected chi connectivity index (χ3v) is 3.08. The van der Waals surface area contributed by atoms with Gasteiger partial charge >= 0.3 is 0 Å². The van der Waals surface area contributed by atoms with E-state index in [0.29, 0.717) is 0 Å². The van der Waals surface area contributed by atoms with Gasteiger partial charge < -0.3 is 0 Å². The molecular weight excluding hydrogens is 334 g/mol. The summed E-state index contributed by atoms with van der Waals surface area (Å²) in [5.74, 6) is 37.3. The summed E-state index contributed by atoms with van der Waals surface area (Å²) in [5.41, 5.74) is 0. The Labute approximate surface area is 159 Å². The van der Waals surface area contributed by atoms with Crippen LogP contribution in [-0.4, -0.2) is 16.7 Å². The number of carbonyl (C=O) groups excluding carboxylic acids is 2. The average molecular weight is 343 g/mol. The van der Waals surface area contributed by atoms with Gasteiger partial charge in [0.15, 0.2) is 0 Å². The van der Waals surface area contributed by atoms with Gasteiger partial charge in [0.1, 0.15) is 0 Å². The highest BCUT2D eigenvalue weighted by Crippen LogP contribution is 2.24. The van der Waals surface area contributed by atoms with Crippen LogP contribution in [0.25, 0.3) is 0 Å². The molecule has 1 rings (SSSR count). The van der Waals surface area contributed by atoms with Gasteiger partial charge in [0.25, 0.3) is 0 Å². The van der Waals surface area contributed by atoms with Gasteiger partial charge in [-0.3, -0.25) is 9.59 Å². The van der Waals surface area contributed by atoms with Gasteiger partial charge in [-0.25, -0.2) is 4.90 Å². The van der Waals surface area contributed by atoms with Gasteiger partial charge in [-0.05, 0) is 47.4 Å². The predicted octanol–water partition coefficient (Wildman–Crippen LogP) is 0.245. The van der Waals surface area contributed by atoms with Crippen molar-refractivity contribution in [3.8, 4) is 107 Å². The van der Waals surface area contributed by atoms with E-state index < -0.39 is 0 Å². The van der Waals surface area contributed by atoms with Crippen LogP contribution >= 0.6 is 0 Å². The van der Waals surface area contributed by atoms with Crippen molar-refractivity contribution in [1.29, 1.82) is 0 Å². The maximum absolute atomic E-state index is 11.8. The van der Waals surface area contributed by atoms with Crippen molar-refractivity contribution in [3.05, 3.63) is 0 Å². The van der Waals surface area contributed by atoms with Gasteiger partial charge in [0.2, 0.25) is 11.8 Å². The van der Waals surface area contributed by atoms with Crippen LogP contribution in [0.5, 0.6) is 0 Å². The van der Waals surface area contributed by atoms with Crippen molar-refractivity contribution >= 4 is 11.8 Å². The van der Waals surface area contributed by atoms with Crippen LogP contribution < -0.4 is 0 Å². The van der Waals surface area contributed by atoms with Crippen LogP contribution in [0.3, 0.4) is 0 Å². The Kier molecular flexibility index (Phi) is 8.75. The third kappa shape index (κ3) is 7.08. The van der Waals surface area contributed by atoms with Crippen LogP contribution in [0.1, 0.15) is 13.8 Å². The monoisotopic (exact) mass is 343 g/mol. The Morgan fingerprint density at radius 2 is 0.889 bits per heavy atom. The van der Waals surface area contributed by atoms with Crippen LogP contribution in [0.2, 0.25) is 0 Å². The van der Waals surface area contributed by atoms with E-state index in [1.165, 1.54) is 0 Å². The quantitative estimate of drug-likeness (QED) is 0.467. The van der Waals surface area contributed by atoms with E-state index in [4.69, 9.17) is 6.42 Å². The minimum atomic E-state index is -0.366. The van der Waals surface area contributed by atoms with Gasteiger partial charge in [0.05, 0.1) is 0 Å². The Hall–Kier alpha value is -4.82. The summed E-state index contributed by atoms with van der Waals surface area (Å²) < 4.78 is 0. The molecule has 1 fully saturated rings. The molecule has 0 aromatic rings. The molecule has 27 heavy (non-hydrogen) atoms. The molecule has 0 aliphatic carbocycles. The van der Waals surface area contributed by atoms with Crippen molar-refractivity contribution in [3.63, 3.8) is 0 Å². The molecule has 0 spiro atoms. The number of carbonyl (C=O) groups is 2. The molecule has 1 aliphatic heterocycles. The normalized spacial score (nSPS) is 14.9. The SMILES string of the molecule is C#CC#CC#CC#CC#CC#CC#CC#CC#CN1C(=O)C(C)C(C)C1=O. The molecule has 0 N–H and O–H groups in total. The number of hydrogen-bond acceptors (Lipinski definition) is 2. The third-order valence-electron chi connectivity index (χ3n) is 3.08. The van der Waals surface area contributed by atoms with Gasteiger partial charge in [-0.1, -0.05) is 13.8 Å². The Balaban J connectivity index is 2.55. The molecule has 2 atom stereocenters. The molecular formula is C24H9NO2. The standard InChI is InChI=1S/C24H9NO2/c1-4-5-6-7-8-9-10-11-12-13-14-15-16-17-18-19-20-25-23(26)21(2)22(3)24(25)27/h1,21-22H,2-3H3. The molecule has 122 valence electrons. The summed E-state index contributed by atoms with van der Waals surface area (Å²) >= 11 is 0. The Morgan fingerprint density at radius 1 is 0.593 bits per heavy atom. The lowest BCUT2D eigenvalue weighted by atomic mass is 10.00. The van der Waals surface area contributed by atoms with E-state index >= 15 is 0 Å². The first-order valence-corrected chi connectivity index (χ1v) is 7.43. The minimum Gasteiger partial charge on any atom is -0.273 e. The van der Waals surface area contributed by atoms with E-state index in [2.05, 4.69) is 101 Å². The maximum Gasteiger partial charge on any atom is 0.244 e. The lowest BCUT2D eigenvalue weighted by Gasteiger charge is -2.02. The largest absolute Gasteiger partial charge is 0.273 e. The number of hydrogen-bond donors (Lipinski definition) is 0. The summed E-state index contributed by atoms with van der Waals surface area (Å²) in [4.78, 5) is 24.5.